The summed E-state index contributed by atoms with van der Waals surface area (Å²) in [4.78, 5) is 22.2. The lowest BCUT2D eigenvalue weighted by molar-refractivity contribution is -0.385. The number of nitro groups is 1. The van der Waals surface area contributed by atoms with Crippen LogP contribution >= 0.6 is 0 Å². The molecule has 0 bridgehead atoms. The fourth-order valence-electron chi connectivity index (χ4n) is 3.17. The van der Waals surface area contributed by atoms with E-state index in [4.69, 9.17) is 4.18 Å². The first-order chi connectivity index (χ1) is 16.7. The molecular formula is C24H17N3O7S. The van der Waals surface area contributed by atoms with E-state index in [9.17, 15) is 28.4 Å². The molecule has 0 aromatic heterocycles. The molecule has 1 amide bonds. The van der Waals surface area contributed by atoms with E-state index < -0.39 is 20.9 Å². The average molecular weight is 491 g/mol. The zero-order valence-corrected chi connectivity index (χ0v) is 18.7. The molecule has 0 atom stereocenters. The van der Waals surface area contributed by atoms with E-state index >= 15 is 0 Å². The molecule has 35 heavy (non-hydrogen) atoms. The number of benzene rings is 4. The number of nitro benzene ring substituents is 1. The van der Waals surface area contributed by atoms with Crippen LogP contribution in [0.15, 0.2) is 94.9 Å². The highest BCUT2D eigenvalue weighted by Crippen LogP contribution is 2.25. The summed E-state index contributed by atoms with van der Waals surface area (Å²) in [7, 11) is -4.28. The van der Waals surface area contributed by atoms with Crippen molar-refractivity contribution in [3.63, 3.8) is 0 Å². The second-order valence-corrected chi connectivity index (χ2v) is 8.82. The van der Waals surface area contributed by atoms with Crippen molar-refractivity contribution in [2.24, 2.45) is 5.10 Å². The predicted octanol–water partition coefficient (Wildman–Crippen LogP) is 3.99. The predicted molar refractivity (Wildman–Crippen MR) is 128 cm³/mol. The normalized spacial score (nSPS) is 11.4. The molecule has 4 aromatic carbocycles. The number of amides is 1. The van der Waals surface area contributed by atoms with Crippen molar-refractivity contribution < 1.29 is 27.4 Å². The molecule has 0 fully saturated rings. The van der Waals surface area contributed by atoms with Gasteiger partial charge in [-0.25, -0.2) is 5.43 Å². The van der Waals surface area contributed by atoms with Crippen LogP contribution in [0.5, 0.6) is 11.5 Å². The smallest absolute Gasteiger partial charge is 0.339 e. The van der Waals surface area contributed by atoms with Crippen LogP contribution < -0.4 is 9.61 Å². The Bertz CT molecular complexity index is 1570. The molecule has 0 aliphatic carbocycles. The van der Waals surface area contributed by atoms with Gasteiger partial charge in [-0.05, 0) is 58.8 Å². The van der Waals surface area contributed by atoms with Gasteiger partial charge in [0.1, 0.15) is 16.4 Å². The van der Waals surface area contributed by atoms with E-state index in [0.29, 0.717) is 5.56 Å². The van der Waals surface area contributed by atoms with E-state index in [2.05, 4.69) is 10.5 Å². The lowest BCUT2D eigenvalue weighted by Gasteiger charge is -2.07. The maximum Gasteiger partial charge on any atom is 0.339 e. The number of phenolic OH excluding ortho intramolecular Hbond substituents is 1. The summed E-state index contributed by atoms with van der Waals surface area (Å²) in [6, 6.07) is 20.6. The van der Waals surface area contributed by atoms with Crippen molar-refractivity contribution in [2.45, 2.75) is 4.90 Å². The lowest BCUT2D eigenvalue weighted by Crippen LogP contribution is -2.17. The third-order valence-electron chi connectivity index (χ3n) is 4.89. The monoisotopic (exact) mass is 491 g/mol. The van der Waals surface area contributed by atoms with E-state index in [0.717, 1.165) is 16.8 Å². The number of phenols is 1. The van der Waals surface area contributed by atoms with Crippen molar-refractivity contribution in [2.75, 3.05) is 0 Å². The van der Waals surface area contributed by atoms with Gasteiger partial charge in [-0.2, -0.15) is 13.5 Å². The van der Waals surface area contributed by atoms with Crippen molar-refractivity contribution in [3.05, 3.63) is 106 Å². The third kappa shape index (κ3) is 5.42. The number of carbonyl (C=O) groups is 1. The number of nitrogens with one attached hydrogen (secondary N) is 1. The van der Waals surface area contributed by atoms with Gasteiger partial charge in [0.05, 0.1) is 16.7 Å². The highest BCUT2D eigenvalue weighted by molar-refractivity contribution is 7.87. The summed E-state index contributed by atoms with van der Waals surface area (Å²) in [5.74, 6) is -0.797. The molecule has 4 rings (SSSR count). The Morgan fingerprint density at radius 1 is 0.971 bits per heavy atom. The molecular weight excluding hydrogens is 474 g/mol. The molecule has 0 unspecified atom stereocenters. The van der Waals surface area contributed by atoms with Crippen LogP contribution in [0, 0.1) is 10.1 Å². The first-order valence-corrected chi connectivity index (χ1v) is 11.5. The number of rotatable bonds is 7. The van der Waals surface area contributed by atoms with Crippen LogP contribution in [-0.2, 0) is 10.1 Å². The number of hydrogen-bond acceptors (Lipinski definition) is 8. The summed E-state index contributed by atoms with van der Waals surface area (Å²) in [5.41, 5.74) is 2.54. The van der Waals surface area contributed by atoms with Crippen LogP contribution in [-0.4, -0.2) is 30.6 Å². The number of fused-ring (bicyclic) bond motifs is 1. The van der Waals surface area contributed by atoms with Crippen LogP contribution in [0.2, 0.25) is 0 Å². The van der Waals surface area contributed by atoms with E-state index in [-0.39, 0.29) is 27.6 Å². The number of hydrogen-bond donors (Lipinski definition) is 2. The van der Waals surface area contributed by atoms with E-state index in [1.807, 2.05) is 24.3 Å². The molecule has 4 aromatic rings. The van der Waals surface area contributed by atoms with Gasteiger partial charge in [-0.3, -0.25) is 14.9 Å². The Morgan fingerprint density at radius 2 is 1.66 bits per heavy atom. The van der Waals surface area contributed by atoms with Gasteiger partial charge in [-0.15, -0.1) is 0 Å². The molecule has 0 aliphatic heterocycles. The molecule has 0 aliphatic rings. The average Bonchev–Trinajstić information content (AvgIpc) is 2.84. The summed E-state index contributed by atoms with van der Waals surface area (Å²) in [6.07, 6.45) is 1.33. The standard InChI is InChI=1S/C24H17N3O7S/c28-23-13-18-5-2-1-4-17(18)12-22(23)24(29)26-25-15-16-8-10-20(11-9-16)34-35(32,33)21-7-3-6-19(14-21)27(30)31/h1-15,28H,(H,26,29)/b25-15-. The molecule has 0 heterocycles. The fraction of sp³-hybridized carbons (Fsp3) is 0. The number of nitrogens with zero attached hydrogens (tertiary/aromatic N) is 2. The minimum Gasteiger partial charge on any atom is -0.507 e. The zero-order valence-electron chi connectivity index (χ0n) is 17.9. The minimum atomic E-state index is -4.28. The lowest BCUT2D eigenvalue weighted by atomic mass is 10.1. The van der Waals surface area contributed by atoms with Crippen molar-refractivity contribution >= 4 is 38.7 Å². The van der Waals surface area contributed by atoms with Gasteiger partial charge in [0.15, 0.2) is 0 Å². The highest BCUT2D eigenvalue weighted by Gasteiger charge is 2.20. The first-order valence-electron chi connectivity index (χ1n) is 10.1. The molecule has 0 radical (unpaired) electrons. The maximum atomic E-state index is 12.4. The largest absolute Gasteiger partial charge is 0.507 e. The van der Waals surface area contributed by atoms with Crippen LogP contribution in [0.3, 0.4) is 0 Å². The van der Waals surface area contributed by atoms with Gasteiger partial charge in [0.2, 0.25) is 0 Å². The highest BCUT2D eigenvalue weighted by atomic mass is 32.2. The van der Waals surface area contributed by atoms with Crippen LogP contribution in [0.1, 0.15) is 15.9 Å². The van der Waals surface area contributed by atoms with Gasteiger partial charge < -0.3 is 9.29 Å². The number of carbonyl (C=O) groups excluding carboxylic acids is 1. The maximum absolute atomic E-state index is 12.4. The molecule has 2 N–H and O–H groups in total. The topological polar surface area (TPSA) is 148 Å². The minimum absolute atomic E-state index is 0.0150. The Hall–Kier alpha value is -4.77. The first kappa shape index (κ1) is 23.4. The molecule has 176 valence electrons. The van der Waals surface area contributed by atoms with Crippen LogP contribution in [0.4, 0.5) is 5.69 Å². The summed E-state index contributed by atoms with van der Waals surface area (Å²) >= 11 is 0. The second-order valence-electron chi connectivity index (χ2n) is 7.28. The molecule has 11 heteroatoms. The van der Waals surface area contributed by atoms with Crippen molar-refractivity contribution in [1.82, 2.24) is 5.43 Å². The van der Waals surface area contributed by atoms with Gasteiger partial charge in [0, 0.05) is 12.1 Å². The molecule has 0 saturated carbocycles. The van der Waals surface area contributed by atoms with E-state index in [1.54, 1.807) is 6.07 Å². The summed E-state index contributed by atoms with van der Waals surface area (Å²) in [5, 5.41) is 26.4. The van der Waals surface area contributed by atoms with E-state index in [1.165, 1.54) is 54.7 Å². The zero-order chi connectivity index (χ0) is 25.0. The number of aromatic hydroxyl groups is 1. The van der Waals surface area contributed by atoms with Crippen molar-refractivity contribution in [3.8, 4) is 11.5 Å². The second kappa shape index (κ2) is 9.61. The van der Waals surface area contributed by atoms with Crippen LogP contribution in [0.25, 0.3) is 10.8 Å². The molecule has 0 saturated heterocycles. The quantitative estimate of drug-likeness (QED) is 0.172. The Kier molecular flexibility index (Phi) is 6.42. The SMILES string of the molecule is O=C(N/N=C\c1ccc(OS(=O)(=O)c2cccc([N+](=O)[O-])c2)cc1)c1cc2ccccc2cc1O. The molecule has 10 nitrogen and oxygen atoms in total. The Morgan fingerprint density at radius 3 is 2.34 bits per heavy atom. The van der Waals surface area contributed by atoms with Gasteiger partial charge in [0.25, 0.3) is 11.6 Å². The fourth-order valence-corrected chi connectivity index (χ4v) is 4.14. The Balaban J connectivity index is 1.42. The molecule has 0 spiro atoms. The van der Waals surface area contributed by atoms with Crippen molar-refractivity contribution in [1.29, 1.82) is 0 Å². The summed E-state index contributed by atoms with van der Waals surface area (Å²) in [6.45, 7) is 0. The number of non-ortho nitro benzene ring substituents is 1. The van der Waals surface area contributed by atoms with Gasteiger partial charge in [-0.1, -0.05) is 30.3 Å². The summed E-state index contributed by atoms with van der Waals surface area (Å²) < 4.78 is 29.9. The van der Waals surface area contributed by atoms with Gasteiger partial charge >= 0.3 is 10.1 Å². The Labute approximate surface area is 199 Å². The third-order valence-corrected chi connectivity index (χ3v) is 6.13. The number of hydrazone groups is 1.